The molecule has 0 amide bonds. The first-order valence-corrected chi connectivity index (χ1v) is 28.4. The Morgan fingerprint density at radius 1 is 0.584 bits per heavy atom. The summed E-state index contributed by atoms with van der Waals surface area (Å²) in [5, 5.41) is 24.0. The Bertz CT molecular complexity index is 2500. The van der Waals surface area contributed by atoms with Crippen LogP contribution in [0.1, 0.15) is 13.3 Å². The van der Waals surface area contributed by atoms with Crippen LogP contribution in [0.25, 0.3) is 0 Å². The molecule has 4 heterocycles. The number of rotatable bonds is 30. The van der Waals surface area contributed by atoms with Gasteiger partial charge in [-0.15, -0.1) is 4.33 Å². The second kappa shape index (κ2) is 28.5. The van der Waals surface area contributed by atoms with E-state index in [9.17, 15) is 88.6 Å². The number of carboxylic acid groups (broad SMARTS) is 1. The lowest BCUT2D eigenvalue weighted by Gasteiger charge is -2.50. The highest BCUT2D eigenvalue weighted by molar-refractivity contribution is 7.81. The standard InChI is InChI=1S/C31H53O40S6/c1-11-16(52-2)23(54-4)30(63-17(11)26(33)34)64-19-13(8-58-73(37,38)39)61-31(24(69-76(46,47)48)21(19)67-71-72(35)36)66-27(55-5)12-7-15(57-10-32)62-29(18(12)53-3)65-20-14(9-59-74(40,41)42)60-28(56-6)25(70-77(49,50)51)22(20)68-75(43,44)45/h11-25,27-31H,7-10H2,1-6H3,(H,33,34)(H,35,36)(H,37,38,39)(H,40,41,42)(H,43,44,45)(H,46,47,48)(H,49,50,51)/q-1/p-7/t11-,12-,13?,14?,15?,16?,17?,18?,19+,20+,21-,22?,23?,24?,25?,27?,28-,29+,30-,31-/m0/s1. The quantitative estimate of drug-likeness (QED) is 0.0161. The maximum Gasteiger partial charge on any atom is 0.218 e. The van der Waals surface area contributed by atoms with Gasteiger partial charge in [0.15, 0.2) is 56.1 Å². The van der Waals surface area contributed by atoms with E-state index in [1.54, 1.807) is 0 Å². The summed E-state index contributed by atoms with van der Waals surface area (Å²) in [7, 11) is -25.4. The van der Waals surface area contributed by atoms with Crippen molar-refractivity contribution in [2.45, 2.75) is 124 Å². The first kappa shape index (κ1) is 67.8. The average Bonchev–Trinajstić information content (AvgIpc) is 3.29. The second-order valence-electron chi connectivity index (χ2n) is 15.7. The predicted octanol–water partition coefficient (Wildman–Crippen LogP) is -9.38. The Balaban J connectivity index is 1.88. The van der Waals surface area contributed by atoms with Crippen molar-refractivity contribution in [1.82, 2.24) is 0 Å². The lowest BCUT2D eigenvalue weighted by molar-refractivity contribution is -0.466. The lowest BCUT2D eigenvalue weighted by Crippen LogP contribution is -2.67. The van der Waals surface area contributed by atoms with Crippen molar-refractivity contribution in [1.29, 1.82) is 0 Å². The zero-order chi connectivity index (χ0) is 58.2. The van der Waals surface area contributed by atoms with Crippen LogP contribution in [0.4, 0.5) is 0 Å². The van der Waals surface area contributed by atoms with Crippen LogP contribution in [0.15, 0.2) is 0 Å². The van der Waals surface area contributed by atoms with Gasteiger partial charge in [-0.25, -0.2) is 51.2 Å². The highest BCUT2D eigenvalue weighted by Crippen LogP contribution is 2.41. The van der Waals surface area contributed by atoms with Gasteiger partial charge < -0.3 is 104 Å². The highest BCUT2D eigenvalue weighted by atomic mass is 32.3. The number of methoxy groups -OCH3 is 5. The lowest BCUT2D eigenvalue weighted by atomic mass is 9.90. The zero-order valence-electron chi connectivity index (χ0n) is 39.7. The molecule has 0 aliphatic carbocycles. The largest absolute Gasteiger partial charge is 0.834 e. The molecule has 0 aromatic rings. The number of hydrogen-bond donors (Lipinski definition) is 0. The first-order chi connectivity index (χ1) is 35.6. The van der Waals surface area contributed by atoms with E-state index in [-0.39, 0.29) is 0 Å². The van der Waals surface area contributed by atoms with Gasteiger partial charge in [-0.1, -0.05) is 6.92 Å². The van der Waals surface area contributed by atoms with Crippen LogP contribution in [-0.4, -0.2) is 246 Å². The summed E-state index contributed by atoms with van der Waals surface area (Å²) in [5.41, 5.74) is 0. The molecule has 46 heteroatoms. The van der Waals surface area contributed by atoms with Gasteiger partial charge in [-0.05, 0) is 6.79 Å². The van der Waals surface area contributed by atoms with Gasteiger partial charge in [0.1, 0.15) is 60.2 Å². The van der Waals surface area contributed by atoms with Crippen LogP contribution in [0.2, 0.25) is 0 Å². The summed E-state index contributed by atoms with van der Waals surface area (Å²) in [6, 6.07) is 0. The van der Waals surface area contributed by atoms with Crippen molar-refractivity contribution in [2.75, 3.05) is 55.6 Å². The molecule has 4 rings (SSSR count). The Hall–Kier alpha value is -1.71. The molecule has 21 atom stereocenters. The summed E-state index contributed by atoms with van der Waals surface area (Å²) >= 11 is -3.78. The number of aliphatic carboxylic acids is 1. The Morgan fingerprint density at radius 2 is 1.05 bits per heavy atom. The van der Waals surface area contributed by atoms with Gasteiger partial charge in [0, 0.05) is 53.8 Å². The van der Waals surface area contributed by atoms with Gasteiger partial charge >= 0.3 is 0 Å². The van der Waals surface area contributed by atoms with Gasteiger partial charge in [0.25, 0.3) is 0 Å². The third-order valence-electron chi connectivity index (χ3n) is 11.1. The van der Waals surface area contributed by atoms with Crippen LogP contribution in [0, 0.1) is 11.8 Å². The molecule has 0 bridgehead atoms. The monoisotopic (exact) mass is 1250 g/mol. The van der Waals surface area contributed by atoms with Crippen molar-refractivity contribution in [3.63, 3.8) is 0 Å². The van der Waals surface area contributed by atoms with Gasteiger partial charge in [0.2, 0.25) is 52.0 Å². The van der Waals surface area contributed by atoms with E-state index in [1.807, 2.05) is 0 Å². The van der Waals surface area contributed by atoms with Crippen LogP contribution >= 0.6 is 0 Å². The molecule has 4 fully saturated rings. The smallest absolute Gasteiger partial charge is 0.218 e. The predicted molar refractivity (Wildman–Crippen MR) is 214 cm³/mol. The SMILES string of the molecule is COC1C(OC)[C@H](C)C(C(=O)[O-])O[C@H]1O[C@@H]1C(COS(=O)(=O)[O-])O[C@@H](OC(OC)[C@H]2CC(OC[O-])O[C@H](O[C@@H]3C(COS(=O)(=O)[O-])O[C@H](OC)C(OS(=O)(=O)[O-])C3OS(=O)(=O)[O-])C2OC)C(OS(=O)(=O)[O-])[C@H]1OOS(=O)[O-]. The molecule has 0 spiro atoms. The molecule has 0 aromatic heterocycles. The molecule has 0 radical (unpaired) electrons. The molecule has 4 aliphatic rings. The molecule has 0 saturated carbocycles. The van der Waals surface area contributed by atoms with Crippen LogP contribution in [0.3, 0.4) is 0 Å². The Labute approximate surface area is 439 Å². The minimum absolute atomic E-state index is 0.710. The summed E-state index contributed by atoms with van der Waals surface area (Å²) in [6.07, 6.45) is -42.0. The summed E-state index contributed by atoms with van der Waals surface area (Å²) in [6.45, 7) is -3.34. The van der Waals surface area contributed by atoms with E-state index in [0.29, 0.717) is 7.11 Å². The third kappa shape index (κ3) is 20.0. The van der Waals surface area contributed by atoms with Crippen LogP contribution in [-0.2, 0) is 160 Å². The van der Waals surface area contributed by atoms with E-state index in [2.05, 4.69) is 25.2 Å². The van der Waals surface area contributed by atoms with Crippen molar-refractivity contribution in [3.8, 4) is 0 Å². The van der Waals surface area contributed by atoms with Crippen molar-refractivity contribution in [3.05, 3.63) is 0 Å². The van der Waals surface area contributed by atoms with E-state index in [0.717, 1.165) is 28.4 Å². The summed E-state index contributed by atoms with van der Waals surface area (Å²) in [4.78, 5) is 17.1. The van der Waals surface area contributed by atoms with Gasteiger partial charge in [-0.3, -0.25) is 20.9 Å². The number of ether oxygens (including phenoxy) is 13. The fourth-order valence-electron chi connectivity index (χ4n) is 8.27. The third-order valence-corrected chi connectivity index (χ3v) is 13.5. The van der Waals surface area contributed by atoms with E-state index < -0.39 is 219 Å². The van der Waals surface area contributed by atoms with Crippen LogP contribution in [0.5, 0.6) is 0 Å². The highest BCUT2D eigenvalue weighted by Gasteiger charge is 2.58. The molecule has 454 valence electrons. The van der Waals surface area contributed by atoms with E-state index in [4.69, 9.17) is 66.5 Å². The number of carbonyl (C=O) groups is 1. The fourth-order valence-corrected chi connectivity index (χ4v) is 10.5. The molecule has 77 heavy (non-hydrogen) atoms. The number of hydrogen-bond acceptors (Lipinski definition) is 40. The van der Waals surface area contributed by atoms with Gasteiger partial charge in [0.05, 0.1) is 25.3 Å². The summed E-state index contributed by atoms with van der Waals surface area (Å²) < 4.78 is 300. The van der Waals surface area contributed by atoms with Gasteiger partial charge in [-0.2, -0.15) is 0 Å². The fraction of sp³-hybridized carbons (Fsp3) is 0.968. The van der Waals surface area contributed by atoms with E-state index in [1.165, 1.54) is 6.92 Å². The second-order valence-corrected chi connectivity index (χ2v) is 21.4. The first-order valence-electron chi connectivity index (χ1n) is 20.8. The molecule has 12 unspecified atom stereocenters. The maximum atomic E-state index is 12.4. The molecule has 40 nitrogen and oxygen atoms in total. The number of carbonyl (C=O) groups excluding carboxylic acids is 1. The molecular weight excluding hydrogens is 1200 g/mol. The topological polar surface area (TPSA) is 574 Å². The Morgan fingerprint density at radius 3 is 1.48 bits per heavy atom. The van der Waals surface area contributed by atoms with Crippen LogP contribution < -0.4 is 10.2 Å². The Kier molecular flexibility index (Phi) is 25.1. The summed E-state index contributed by atoms with van der Waals surface area (Å²) in [5.74, 6) is -4.79. The van der Waals surface area contributed by atoms with Crippen molar-refractivity contribution < 1.29 is 180 Å². The zero-order valence-corrected chi connectivity index (χ0v) is 44.6. The molecular formula is C31H46O40S6-8. The molecule has 0 aromatic carbocycles. The maximum absolute atomic E-state index is 12.4. The minimum Gasteiger partial charge on any atom is -0.834 e. The van der Waals surface area contributed by atoms with E-state index >= 15 is 0 Å². The average molecular weight is 1250 g/mol. The van der Waals surface area contributed by atoms with Crippen molar-refractivity contribution in [2.24, 2.45) is 11.8 Å². The molecule has 4 aliphatic heterocycles. The van der Waals surface area contributed by atoms with Crippen molar-refractivity contribution >= 4 is 69.3 Å². The molecule has 4 saturated heterocycles. The minimum atomic E-state index is -6.16. The normalized spacial score (nSPS) is 36.8. The molecule has 0 N–H and O–H groups in total. The number of carboxylic acids is 1.